The highest BCUT2D eigenvalue weighted by Gasteiger charge is 2.19. The maximum absolute atomic E-state index is 12.4. The lowest BCUT2D eigenvalue weighted by Gasteiger charge is -2.03. The van der Waals surface area contributed by atoms with Gasteiger partial charge in [0.05, 0.1) is 5.75 Å². The number of amides is 2. The second kappa shape index (κ2) is 8.52. The topological polar surface area (TPSA) is 84.2 Å². The summed E-state index contributed by atoms with van der Waals surface area (Å²) in [4.78, 5) is 28.5. The van der Waals surface area contributed by atoms with Gasteiger partial charge in [-0.1, -0.05) is 53.4 Å². The predicted molar refractivity (Wildman–Crippen MR) is 107 cm³/mol. The quantitative estimate of drug-likeness (QED) is 0.547. The molecule has 2 amide bonds. The summed E-state index contributed by atoms with van der Waals surface area (Å²) in [5.41, 5.74) is 1.54. The van der Waals surface area contributed by atoms with Crippen LogP contribution in [-0.4, -0.2) is 29.6 Å². The van der Waals surface area contributed by atoms with Crippen LogP contribution in [-0.2, 0) is 4.79 Å². The summed E-state index contributed by atoms with van der Waals surface area (Å²) in [6, 6.07) is 12.8. The minimum absolute atomic E-state index is 0.0857. The van der Waals surface area contributed by atoms with Crippen LogP contribution in [0.3, 0.4) is 0 Å². The summed E-state index contributed by atoms with van der Waals surface area (Å²) in [6.07, 6.45) is 0. The minimum Gasteiger partial charge on any atom is -0.444 e. The van der Waals surface area contributed by atoms with Gasteiger partial charge in [-0.3, -0.25) is 9.59 Å². The molecule has 26 heavy (non-hydrogen) atoms. The number of nitrogens with one attached hydrogen (secondary N) is 2. The Labute approximate surface area is 166 Å². The molecule has 0 saturated heterocycles. The number of rotatable bonds is 6. The first-order valence-electron chi connectivity index (χ1n) is 7.53. The first-order chi connectivity index (χ1) is 12.6. The van der Waals surface area contributed by atoms with E-state index >= 15 is 0 Å². The Balaban J connectivity index is 1.87. The van der Waals surface area contributed by atoms with Gasteiger partial charge in [0.1, 0.15) is 10.7 Å². The normalized spacial score (nSPS) is 10.5. The molecule has 0 aliphatic heterocycles. The van der Waals surface area contributed by atoms with Crippen LogP contribution in [0.5, 0.6) is 0 Å². The van der Waals surface area contributed by atoms with Crippen molar-refractivity contribution in [1.29, 1.82) is 0 Å². The molecule has 134 valence electrons. The van der Waals surface area contributed by atoms with Crippen molar-refractivity contribution in [3.63, 3.8) is 0 Å². The van der Waals surface area contributed by atoms with Crippen LogP contribution in [0.25, 0.3) is 11.3 Å². The molecule has 9 heteroatoms. The van der Waals surface area contributed by atoms with Crippen LogP contribution in [0.2, 0.25) is 0 Å². The largest absolute Gasteiger partial charge is 0.444 e. The van der Waals surface area contributed by atoms with Crippen molar-refractivity contribution in [2.75, 3.05) is 18.1 Å². The van der Waals surface area contributed by atoms with E-state index in [1.807, 2.05) is 30.3 Å². The van der Waals surface area contributed by atoms with Crippen molar-refractivity contribution in [1.82, 2.24) is 10.3 Å². The molecule has 3 rings (SSSR count). The Morgan fingerprint density at radius 2 is 2.00 bits per heavy atom. The third-order valence-electron chi connectivity index (χ3n) is 3.28. The summed E-state index contributed by atoms with van der Waals surface area (Å²) in [7, 11) is 1.59. The van der Waals surface area contributed by atoms with E-state index in [0.717, 1.165) is 5.56 Å². The van der Waals surface area contributed by atoms with E-state index in [0.29, 0.717) is 19.7 Å². The highest BCUT2D eigenvalue weighted by atomic mass is 79.9. The molecule has 0 saturated carbocycles. The molecular weight excluding hydrogens is 438 g/mol. The number of hydrogen-bond donors (Lipinski definition) is 2. The number of anilines is 1. The first-order valence-corrected chi connectivity index (χ1v) is 10.1. The number of aromatic nitrogens is 1. The number of thiazole rings is 1. The average Bonchev–Trinajstić information content (AvgIpc) is 3.26. The molecule has 0 radical (unpaired) electrons. The minimum atomic E-state index is -0.362. The summed E-state index contributed by atoms with van der Waals surface area (Å²) in [5, 5.41) is 6.03. The fourth-order valence-electron chi connectivity index (χ4n) is 2.04. The molecule has 2 heterocycles. The second-order valence-electron chi connectivity index (χ2n) is 5.04. The van der Waals surface area contributed by atoms with Gasteiger partial charge < -0.3 is 15.1 Å². The molecular formula is C17H14BrN3O3S2. The van der Waals surface area contributed by atoms with Crippen molar-refractivity contribution in [3.05, 3.63) is 52.9 Å². The SMILES string of the molecule is CNC(=O)CSc1nc(-c2ccccc2)c(NC(=O)c2ccc(Br)o2)s1. The fraction of sp³-hybridized carbons (Fsp3) is 0.118. The average molecular weight is 452 g/mol. The van der Waals surface area contributed by atoms with E-state index in [1.165, 1.54) is 23.1 Å². The van der Waals surface area contributed by atoms with E-state index in [-0.39, 0.29) is 23.3 Å². The third kappa shape index (κ3) is 4.54. The molecule has 0 aliphatic carbocycles. The number of furan rings is 1. The van der Waals surface area contributed by atoms with E-state index < -0.39 is 0 Å². The summed E-state index contributed by atoms with van der Waals surface area (Å²) >= 11 is 5.83. The van der Waals surface area contributed by atoms with Crippen LogP contribution in [0.1, 0.15) is 10.6 Å². The summed E-state index contributed by atoms with van der Waals surface area (Å²) in [6.45, 7) is 0. The van der Waals surface area contributed by atoms with Crippen LogP contribution < -0.4 is 10.6 Å². The zero-order valence-electron chi connectivity index (χ0n) is 13.6. The number of carbonyl (C=O) groups is 2. The first kappa shape index (κ1) is 18.7. The molecule has 0 atom stereocenters. The Kier molecular flexibility index (Phi) is 6.12. The van der Waals surface area contributed by atoms with E-state index in [1.54, 1.807) is 19.2 Å². The Hall–Kier alpha value is -2.10. The standard InChI is InChI=1S/C17H14BrN3O3S2/c1-19-13(22)9-25-17-20-14(10-5-3-2-4-6-10)16(26-17)21-15(23)11-7-8-12(18)24-11/h2-8H,9H2,1H3,(H,19,22)(H,21,23). The summed E-state index contributed by atoms with van der Waals surface area (Å²) < 4.78 is 6.48. The number of thioether (sulfide) groups is 1. The number of nitrogens with zero attached hydrogens (tertiary/aromatic N) is 1. The molecule has 2 aromatic heterocycles. The van der Waals surface area contributed by atoms with Crippen molar-refractivity contribution in [2.24, 2.45) is 0 Å². The van der Waals surface area contributed by atoms with Crippen molar-refractivity contribution in [3.8, 4) is 11.3 Å². The second-order valence-corrected chi connectivity index (χ2v) is 8.05. The molecule has 0 aliphatic rings. The zero-order chi connectivity index (χ0) is 18.5. The Morgan fingerprint density at radius 3 is 2.65 bits per heavy atom. The predicted octanol–water partition coefficient (Wildman–Crippen LogP) is 4.26. The van der Waals surface area contributed by atoms with Gasteiger partial charge in [0.25, 0.3) is 5.91 Å². The number of carbonyl (C=O) groups excluding carboxylic acids is 2. The molecule has 6 nitrogen and oxygen atoms in total. The van der Waals surface area contributed by atoms with Gasteiger partial charge in [-0.25, -0.2) is 4.98 Å². The van der Waals surface area contributed by atoms with Gasteiger partial charge in [0.15, 0.2) is 14.8 Å². The van der Waals surface area contributed by atoms with E-state index in [2.05, 4.69) is 31.5 Å². The van der Waals surface area contributed by atoms with Gasteiger partial charge >= 0.3 is 0 Å². The summed E-state index contributed by atoms with van der Waals surface area (Å²) in [5.74, 6) is 0.0113. The van der Waals surface area contributed by atoms with Crippen LogP contribution in [0.15, 0.2) is 55.9 Å². The lowest BCUT2D eigenvalue weighted by atomic mass is 10.2. The monoisotopic (exact) mass is 451 g/mol. The van der Waals surface area contributed by atoms with Crippen molar-refractivity contribution >= 4 is 55.8 Å². The molecule has 0 spiro atoms. The highest BCUT2D eigenvalue weighted by molar-refractivity contribution is 9.10. The van der Waals surface area contributed by atoms with Crippen LogP contribution in [0, 0.1) is 0 Å². The van der Waals surface area contributed by atoms with Gasteiger partial charge in [-0.2, -0.15) is 0 Å². The molecule has 0 unspecified atom stereocenters. The van der Waals surface area contributed by atoms with E-state index in [4.69, 9.17) is 4.42 Å². The maximum Gasteiger partial charge on any atom is 0.292 e. The zero-order valence-corrected chi connectivity index (χ0v) is 16.8. The number of halogens is 1. The van der Waals surface area contributed by atoms with Crippen molar-refractivity contribution in [2.45, 2.75) is 4.34 Å². The fourth-order valence-corrected chi connectivity index (χ4v) is 4.28. The highest BCUT2D eigenvalue weighted by Crippen LogP contribution is 2.37. The maximum atomic E-state index is 12.4. The van der Waals surface area contributed by atoms with Crippen LogP contribution in [0.4, 0.5) is 5.00 Å². The van der Waals surface area contributed by atoms with Crippen molar-refractivity contribution < 1.29 is 14.0 Å². The molecule has 1 aromatic carbocycles. The third-order valence-corrected chi connectivity index (χ3v) is 5.82. The van der Waals surface area contributed by atoms with Gasteiger partial charge in [0.2, 0.25) is 5.91 Å². The molecule has 0 fully saturated rings. The molecule has 2 N–H and O–H groups in total. The smallest absolute Gasteiger partial charge is 0.292 e. The molecule has 0 bridgehead atoms. The van der Waals surface area contributed by atoms with Gasteiger partial charge in [-0.05, 0) is 28.1 Å². The Morgan fingerprint density at radius 1 is 1.23 bits per heavy atom. The van der Waals surface area contributed by atoms with Crippen LogP contribution >= 0.6 is 39.0 Å². The molecule has 3 aromatic rings. The van der Waals surface area contributed by atoms with E-state index in [9.17, 15) is 9.59 Å². The lowest BCUT2D eigenvalue weighted by Crippen LogP contribution is -2.19. The van der Waals surface area contributed by atoms with Gasteiger partial charge in [0, 0.05) is 12.6 Å². The lowest BCUT2D eigenvalue weighted by molar-refractivity contribution is -0.118. The number of hydrogen-bond acceptors (Lipinski definition) is 6. The van der Waals surface area contributed by atoms with Gasteiger partial charge in [-0.15, -0.1) is 0 Å². The number of benzene rings is 1. The Bertz CT molecular complexity index is 924.